The average Bonchev–Trinajstić information content (AvgIpc) is 3.66. The van der Waals surface area contributed by atoms with E-state index in [-0.39, 0.29) is 35.7 Å². The fraction of sp³-hybridized carbons (Fsp3) is 0.200. The minimum absolute atomic E-state index is 0.00951. The van der Waals surface area contributed by atoms with Gasteiger partial charge in [-0.15, -0.1) is 10.2 Å². The van der Waals surface area contributed by atoms with E-state index in [1.165, 1.54) is 12.5 Å². The van der Waals surface area contributed by atoms with Gasteiger partial charge in [-0.05, 0) is 37.1 Å². The fourth-order valence-electron chi connectivity index (χ4n) is 4.56. The van der Waals surface area contributed by atoms with Crippen molar-refractivity contribution in [3.05, 3.63) is 107 Å². The summed E-state index contributed by atoms with van der Waals surface area (Å²) in [5.41, 5.74) is 2.56. The molecule has 0 fully saturated rings. The van der Waals surface area contributed by atoms with Crippen molar-refractivity contribution in [3.8, 4) is 23.2 Å². The molecule has 0 aliphatic rings. The maximum atomic E-state index is 13.5. The number of benzene rings is 2. The zero-order chi connectivity index (χ0) is 29.0. The Morgan fingerprint density at radius 1 is 0.976 bits per heavy atom. The van der Waals surface area contributed by atoms with E-state index in [1.54, 1.807) is 31.0 Å². The predicted molar refractivity (Wildman–Crippen MR) is 149 cm³/mol. The first-order valence-corrected chi connectivity index (χ1v) is 12.8. The van der Waals surface area contributed by atoms with Crippen LogP contribution in [0.2, 0.25) is 0 Å². The number of nitrogens with zero attached hydrogens (tertiary/aromatic N) is 5. The molecule has 2 amide bonds. The van der Waals surface area contributed by atoms with Crippen LogP contribution in [-0.4, -0.2) is 49.2 Å². The Morgan fingerprint density at radius 3 is 2.39 bits per heavy atom. The van der Waals surface area contributed by atoms with Crippen molar-refractivity contribution in [1.29, 1.82) is 0 Å². The molecule has 0 aliphatic carbocycles. The third-order valence-corrected chi connectivity index (χ3v) is 6.47. The Morgan fingerprint density at radius 2 is 1.71 bits per heavy atom. The Labute approximate surface area is 235 Å². The standard InChI is InChI=1S/C30H28N6O5/c1-19-8-7-11-21(14-19)18-36(3)27(37)22-15-23(25-31-12-13-40-25)32-24(16-22)26-34-35-28(41-26)30(2,33-29(38)39)17-20-9-5-4-6-10-20/h4-16,33H,17-18H2,1-3H3,(H,38,39)/t30-/m1/s1. The quantitative estimate of drug-likeness (QED) is 0.255. The number of aryl methyl sites for hydroxylation is 1. The monoisotopic (exact) mass is 552 g/mol. The van der Waals surface area contributed by atoms with Gasteiger partial charge in [-0.25, -0.2) is 14.8 Å². The van der Waals surface area contributed by atoms with Crippen molar-refractivity contribution in [1.82, 2.24) is 30.4 Å². The lowest BCUT2D eigenvalue weighted by atomic mass is 9.93. The minimum Gasteiger partial charge on any atom is -0.465 e. The van der Waals surface area contributed by atoms with E-state index < -0.39 is 11.6 Å². The molecule has 5 rings (SSSR count). The van der Waals surface area contributed by atoms with Crippen LogP contribution in [0.4, 0.5) is 4.79 Å². The first-order valence-electron chi connectivity index (χ1n) is 12.8. The molecule has 0 bridgehead atoms. The topological polar surface area (TPSA) is 147 Å². The summed E-state index contributed by atoms with van der Waals surface area (Å²) < 4.78 is 11.4. The molecule has 0 saturated carbocycles. The van der Waals surface area contributed by atoms with Gasteiger partial charge in [-0.3, -0.25) is 4.79 Å². The lowest BCUT2D eigenvalue weighted by Crippen LogP contribution is -2.44. The zero-order valence-electron chi connectivity index (χ0n) is 22.7. The number of carbonyl (C=O) groups is 2. The van der Waals surface area contributed by atoms with Crippen molar-refractivity contribution in [2.75, 3.05) is 7.05 Å². The molecule has 2 aromatic carbocycles. The molecule has 3 aromatic heterocycles. The van der Waals surface area contributed by atoms with Gasteiger partial charge in [-0.1, -0.05) is 60.2 Å². The highest BCUT2D eigenvalue weighted by Gasteiger charge is 2.35. The highest BCUT2D eigenvalue weighted by Crippen LogP contribution is 2.29. The van der Waals surface area contributed by atoms with Crippen LogP contribution in [0.3, 0.4) is 0 Å². The summed E-state index contributed by atoms with van der Waals surface area (Å²) in [6, 6.07) is 20.4. The largest absolute Gasteiger partial charge is 0.465 e. The predicted octanol–water partition coefficient (Wildman–Crippen LogP) is 5.09. The first-order chi connectivity index (χ1) is 19.7. The number of oxazole rings is 1. The third kappa shape index (κ3) is 6.30. The molecule has 0 saturated heterocycles. The number of hydrogen-bond acceptors (Lipinski definition) is 8. The second-order valence-electron chi connectivity index (χ2n) is 9.95. The molecule has 2 N–H and O–H groups in total. The van der Waals surface area contributed by atoms with Crippen LogP contribution in [0.5, 0.6) is 0 Å². The molecular weight excluding hydrogens is 524 g/mol. The maximum Gasteiger partial charge on any atom is 0.405 e. The van der Waals surface area contributed by atoms with Gasteiger partial charge in [0.15, 0.2) is 0 Å². The van der Waals surface area contributed by atoms with Crippen molar-refractivity contribution < 1.29 is 23.5 Å². The summed E-state index contributed by atoms with van der Waals surface area (Å²) in [5, 5.41) is 20.4. The van der Waals surface area contributed by atoms with E-state index in [2.05, 4.69) is 25.5 Å². The summed E-state index contributed by atoms with van der Waals surface area (Å²) in [7, 11) is 1.72. The van der Waals surface area contributed by atoms with Crippen molar-refractivity contribution in [3.63, 3.8) is 0 Å². The Hall–Kier alpha value is -5.32. The summed E-state index contributed by atoms with van der Waals surface area (Å²) in [4.78, 5) is 35.6. The van der Waals surface area contributed by atoms with E-state index in [0.29, 0.717) is 17.8 Å². The number of carboxylic acid groups (broad SMARTS) is 1. The SMILES string of the molecule is Cc1cccc(CN(C)C(=O)c2cc(-c3ncco3)nc(-c3nnc([C@@](C)(Cc4ccccc4)NC(=O)O)o3)c2)c1. The molecule has 5 aromatic rings. The smallest absolute Gasteiger partial charge is 0.405 e. The Bertz CT molecular complexity index is 1670. The number of amides is 2. The lowest BCUT2D eigenvalue weighted by molar-refractivity contribution is 0.0785. The molecule has 41 heavy (non-hydrogen) atoms. The van der Waals surface area contributed by atoms with Gasteiger partial charge >= 0.3 is 6.09 Å². The van der Waals surface area contributed by atoms with Crippen LogP contribution in [0.1, 0.15) is 39.9 Å². The fourth-order valence-corrected chi connectivity index (χ4v) is 4.56. The summed E-state index contributed by atoms with van der Waals surface area (Å²) in [6.45, 7) is 4.06. The molecule has 0 radical (unpaired) electrons. The molecule has 3 heterocycles. The zero-order valence-corrected chi connectivity index (χ0v) is 22.7. The highest BCUT2D eigenvalue weighted by atomic mass is 16.4. The number of pyridine rings is 1. The van der Waals surface area contributed by atoms with Crippen LogP contribution in [0, 0.1) is 6.92 Å². The molecule has 11 heteroatoms. The number of carbonyl (C=O) groups excluding carboxylic acids is 1. The summed E-state index contributed by atoms with van der Waals surface area (Å²) in [6.07, 6.45) is 1.91. The van der Waals surface area contributed by atoms with Crippen LogP contribution >= 0.6 is 0 Å². The molecule has 208 valence electrons. The number of nitrogens with one attached hydrogen (secondary N) is 1. The second-order valence-corrected chi connectivity index (χ2v) is 9.95. The summed E-state index contributed by atoms with van der Waals surface area (Å²) >= 11 is 0. The Balaban J connectivity index is 1.50. The van der Waals surface area contributed by atoms with Gasteiger partial charge in [0.05, 0.1) is 6.20 Å². The number of aromatic nitrogens is 4. The van der Waals surface area contributed by atoms with Crippen LogP contribution < -0.4 is 5.32 Å². The van der Waals surface area contributed by atoms with Crippen LogP contribution in [0.25, 0.3) is 23.2 Å². The molecule has 0 unspecified atom stereocenters. The highest BCUT2D eigenvalue weighted by molar-refractivity contribution is 5.95. The molecule has 11 nitrogen and oxygen atoms in total. The van der Waals surface area contributed by atoms with E-state index in [0.717, 1.165) is 16.7 Å². The van der Waals surface area contributed by atoms with Gasteiger partial charge in [0, 0.05) is 25.6 Å². The van der Waals surface area contributed by atoms with Gasteiger partial charge < -0.3 is 24.2 Å². The average molecular weight is 553 g/mol. The number of rotatable bonds is 9. The minimum atomic E-state index is -1.24. The second kappa shape index (κ2) is 11.4. The van der Waals surface area contributed by atoms with Crippen LogP contribution in [0.15, 0.2) is 88.0 Å². The lowest BCUT2D eigenvalue weighted by Gasteiger charge is -2.25. The molecule has 0 aliphatic heterocycles. The van der Waals surface area contributed by atoms with Gasteiger partial charge in [0.2, 0.25) is 11.8 Å². The number of hydrogen-bond donors (Lipinski definition) is 2. The van der Waals surface area contributed by atoms with Crippen molar-refractivity contribution in [2.45, 2.75) is 32.4 Å². The van der Waals surface area contributed by atoms with E-state index >= 15 is 0 Å². The van der Waals surface area contributed by atoms with E-state index in [1.807, 2.05) is 61.5 Å². The molecular formula is C30H28N6O5. The van der Waals surface area contributed by atoms with Gasteiger partial charge in [-0.2, -0.15) is 0 Å². The van der Waals surface area contributed by atoms with Crippen molar-refractivity contribution in [2.24, 2.45) is 0 Å². The van der Waals surface area contributed by atoms with E-state index in [9.17, 15) is 14.7 Å². The maximum absolute atomic E-state index is 13.5. The first kappa shape index (κ1) is 27.3. The third-order valence-electron chi connectivity index (χ3n) is 6.47. The van der Waals surface area contributed by atoms with Gasteiger partial charge in [0.1, 0.15) is 23.2 Å². The van der Waals surface area contributed by atoms with E-state index in [4.69, 9.17) is 8.83 Å². The van der Waals surface area contributed by atoms with Gasteiger partial charge in [0.25, 0.3) is 11.8 Å². The Kier molecular flexibility index (Phi) is 7.59. The van der Waals surface area contributed by atoms with Crippen LogP contribution in [-0.2, 0) is 18.5 Å². The molecule has 1 atom stereocenters. The summed E-state index contributed by atoms with van der Waals surface area (Å²) in [5.74, 6) is 0.00869. The molecule has 0 spiro atoms. The van der Waals surface area contributed by atoms with Crippen molar-refractivity contribution >= 4 is 12.0 Å². The normalized spacial score (nSPS) is 12.5.